The molecule has 0 aliphatic heterocycles. The fourth-order valence-corrected chi connectivity index (χ4v) is 3.18. The molecule has 100 valence electrons. The van der Waals surface area contributed by atoms with Crippen molar-refractivity contribution in [2.45, 2.75) is 38.9 Å². The number of aryl methyl sites for hydroxylation is 1. The van der Waals surface area contributed by atoms with E-state index in [9.17, 15) is 0 Å². The molecule has 0 spiro atoms. The highest BCUT2D eigenvalue weighted by Gasteiger charge is 2.30. The van der Waals surface area contributed by atoms with Crippen LogP contribution in [0.1, 0.15) is 28.8 Å². The summed E-state index contributed by atoms with van der Waals surface area (Å²) in [5.74, 6) is 0. The molecule has 1 aliphatic carbocycles. The van der Waals surface area contributed by atoms with Crippen molar-refractivity contribution in [2.75, 3.05) is 4.90 Å². The summed E-state index contributed by atoms with van der Waals surface area (Å²) in [6.45, 7) is 3.78. The van der Waals surface area contributed by atoms with Gasteiger partial charge in [0.05, 0.1) is 6.54 Å². The number of anilines is 1. The average Bonchev–Trinajstić information content (AvgIpc) is 3.13. The molecule has 1 aromatic heterocycles. The molecule has 19 heavy (non-hydrogen) atoms. The zero-order chi connectivity index (χ0) is 13.2. The summed E-state index contributed by atoms with van der Waals surface area (Å²) in [4.78, 5) is 3.97. The molecule has 0 radical (unpaired) electrons. The number of rotatable bonds is 5. The van der Waals surface area contributed by atoms with Gasteiger partial charge >= 0.3 is 0 Å². The lowest BCUT2D eigenvalue weighted by molar-refractivity contribution is 0.794. The average molecular weight is 272 g/mol. The number of hydrogen-bond donors (Lipinski definition) is 1. The van der Waals surface area contributed by atoms with Crippen LogP contribution in [0.25, 0.3) is 0 Å². The first-order valence-electron chi connectivity index (χ1n) is 6.86. The van der Waals surface area contributed by atoms with E-state index < -0.39 is 0 Å². The first kappa shape index (κ1) is 12.7. The summed E-state index contributed by atoms with van der Waals surface area (Å²) in [5, 5.41) is 2.15. The van der Waals surface area contributed by atoms with Crippen molar-refractivity contribution in [1.82, 2.24) is 0 Å². The standard InChI is InChI=1S/C16H20N2S/c1-12-4-5-13(10-17)16(9-12)18(14-6-7-14)11-15-3-2-8-19-15/h2-5,8-9,14H,6-7,10-11,17H2,1H3. The zero-order valence-electron chi connectivity index (χ0n) is 11.3. The minimum Gasteiger partial charge on any atom is -0.363 e. The van der Waals surface area contributed by atoms with E-state index in [-0.39, 0.29) is 0 Å². The van der Waals surface area contributed by atoms with E-state index >= 15 is 0 Å². The summed E-state index contributed by atoms with van der Waals surface area (Å²) in [6, 6.07) is 11.7. The predicted octanol–water partition coefficient (Wildman–Crippen LogP) is 3.68. The van der Waals surface area contributed by atoms with E-state index in [2.05, 4.69) is 47.5 Å². The number of hydrogen-bond acceptors (Lipinski definition) is 3. The van der Waals surface area contributed by atoms with Crippen LogP contribution in [0.4, 0.5) is 5.69 Å². The van der Waals surface area contributed by atoms with Crippen molar-refractivity contribution >= 4 is 17.0 Å². The van der Waals surface area contributed by atoms with Gasteiger partial charge in [0.25, 0.3) is 0 Å². The topological polar surface area (TPSA) is 29.3 Å². The van der Waals surface area contributed by atoms with Crippen LogP contribution in [-0.4, -0.2) is 6.04 Å². The number of nitrogens with zero attached hydrogens (tertiary/aromatic N) is 1. The van der Waals surface area contributed by atoms with Gasteiger partial charge in [-0.3, -0.25) is 0 Å². The summed E-state index contributed by atoms with van der Waals surface area (Å²) in [7, 11) is 0. The second-order valence-electron chi connectivity index (χ2n) is 5.27. The summed E-state index contributed by atoms with van der Waals surface area (Å²) < 4.78 is 0. The Morgan fingerprint density at radius 1 is 1.32 bits per heavy atom. The van der Waals surface area contributed by atoms with E-state index in [1.807, 2.05) is 11.3 Å². The highest BCUT2D eigenvalue weighted by Crippen LogP contribution is 2.36. The van der Waals surface area contributed by atoms with Crippen molar-refractivity contribution in [3.05, 3.63) is 51.7 Å². The van der Waals surface area contributed by atoms with E-state index in [1.165, 1.54) is 34.5 Å². The van der Waals surface area contributed by atoms with Crippen molar-refractivity contribution < 1.29 is 0 Å². The molecule has 3 rings (SSSR count). The lowest BCUT2D eigenvalue weighted by Gasteiger charge is -2.27. The molecule has 2 nitrogen and oxygen atoms in total. The number of nitrogens with two attached hydrogens (primary N) is 1. The Morgan fingerprint density at radius 3 is 2.79 bits per heavy atom. The minimum absolute atomic E-state index is 0.614. The van der Waals surface area contributed by atoms with Crippen LogP contribution >= 0.6 is 11.3 Å². The molecule has 0 saturated heterocycles. The second-order valence-corrected chi connectivity index (χ2v) is 6.31. The summed E-state index contributed by atoms with van der Waals surface area (Å²) in [6.07, 6.45) is 2.62. The molecule has 1 fully saturated rings. The van der Waals surface area contributed by atoms with Gasteiger partial charge in [-0.1, -0.05) is 18.2 Å². The lowest BCUT2D eigenvalue weighted by Crippen LogP contribution is -2.26. The molecular weight excluding hydrogens is 252 g/mol. The van der Waals surface area contributed by atoms with Gasteiger partial charge in [0.2, 0.25) is 0 Å². The quantitative estimate of drug-likeness (QED) is 0.899. The molecule has 1 aromatic carbocycles. The molecule has 1 heterocycles. The third-order valence-corrected chi connectivity index (χ3v) is 4.53. The van der Waals surface area contributed by atoms with Crippen LogP contribution in [0, 0.1) is 6.92 Å². The zero-order valence-corrected chi connectivity index (χ0v) is 12.1. The molecule has 2 aromatic rings. The molecule has 0 amide bonds. The Labute approximate surface area is 118 Å². The Morgan fingerprint density at radius 2 is 2.16 bits per heavy atom. The smallest absolute Gasteiger partial charge is 0.0526 e. The van der Waals surface area contributed by atoms with Gasteiger partial charge < -0.3 is 10.6 Å². The Balaban J connectivity index is 1.93. The van der Waals surface area contributed by atoms with Gasteiger partial charge in [-0.25, -0.2) is 0 Å². The van der Waals surface area contributed by atoms with E-state index in [4.69, 9.17) is 5.73 Å². The molecule has 3 heteroatoms. The maximum absolute atomic E-state index is 5.91. The Bertz CT molecular complexity index is 544. The minimum atomic E-state index is 0.614. The van der Waals surface area contributed by atoms with Crippen LogP contribution in [0.2, 0.25) is 0 Å². The van der Waals surface area contributed by atoms with Gasteiger partial charge in [0.15, 0.2) is 0 Å². The SMILES string of the molecule is Cc1ccc(CN)c(N(Cc2cccs2)C2CC2)c1. The molecule has 0 atom stereocenters. The second kappa shape index (κ2) is 5.35. The lowest BCUT2D eigenvalue weighted by atomic mass is 10.1. The van der Waals surface area contributed by atoms with Crippen LogP contribution in [0.3, 0.4) is 0 Å². The van der Waals surface area contributed by atoms with Crippen molar-refractivity contribution in [1.29, 1.82) is 0 Å². The van der Waals surface area contributed by atoms with Crippen molar-refractivity contribution in [3.63, 3.8) is 0 Å². The van der Waals surface area contributed by atoms with Gasteiger partial charge in [-0.15, -0.1) is 11.3 Å². The maximum atomic E-state index is 5.91. The summed E-state index contributed by atoms with van der Waals surface area (Å²) in [5.41, 5.74) is 9.81. The highest BCUT2D eigenvalue weighted by atomic mass is 32.1. The monoisotopic (exact) mass is 272 g/mol. The number of benzene rings is 1. The van der Waals surface area contributed by atoms with E-state index in [0.717, 1.165) is 6.54 Å². The molecule has 0 bridgehead atoms. The maximum Gasteiger partial charge on any atom is 0.0526 e. The van der Waals surface area contributed by atoms with Gasteiger partial charge in [0, 0.05) is 23.2 Å². The van der Waals surface area contributed by atoms with Gasteiger partial charge in [-0.2, -0.15) is 0 Å². The van der Waals surface area contributed by atoms with Crippen LogP contribution in [-0.2, 0) is 13.1 Å². The highest BCUT2D eigenvalue weighted by molar-refractivity contribution is 7.09. The first-order valence-corrected chi connectivity index (χ1v) is 7.74. The molecule has 1 aliphatic rings. The van der Waals surface area contributed by atoms with Gasteiger partial charge in [0.1, 0.15) is 0 Å². The molecule has 1 saturated carbocycles. The largest absolute Gasteiger partial charge is 0.363 e. The fourth-order valence-electron chi connectivity index (χ4n) is 2.48. The van der Waals surface area contributed by atoms with E-state index in [1.54, 1.807) is 0 Å². The number of thiophene rings is 1. The van der Waals surface area contributed by atoms with E-state index in [0.29, 0.717) is 12.6 Å². The third-order valence-electron chi connectivity index (χ3n) is 3.66. The fraction of sp³-hybridized carbons (Fsp3) is 0.375. The third kappa shape index (κ3) is 2.82. The molecular formula is C16H20N2S. The van der Waals surface area contributed by atoms with Crippen molar-refractivity contribution in [3.8, 4) is 0 Å². The first-order chi connectivity index (χ1) is 9.28. The Hall–Kier alpha value is -1.32. The normalized spacial score (nSPS) is 14.6. The molecule has 0 unspecified atom stereocenters. The summed E-state index contributed by atoms with van der Waals surface area (Å²) >= 11 is 1.84. The van der Waals surface area contributed by atoms with Crippen LogP contribution in [0.15, 0.2) is 35.7 Å². The van der Waals surface area contributed by atoms with Crippen LogP contribution in [0.5, 0.6) is 0 Å². The predicted molar refractivity (Wildman–Crippen MR) is 82.6 cm³/mol. The van der Waals surface area contributed by atoms with Crippen molar-refractivity contribution in [2.24, 2.45) is 5.73 Å². The molecule has 2 N–H and O–H groups in total. The van der Waals surface area contributed by atoms with Gasteiger partial charge in [-0.05, 0) is 48.4 Å². The Kier molecular flexibility index (Phi) is 3.58. The van der Waals surface area contributed by atoms with Crippen LogP contribution < -0.4 is 10.6 Å².